The number of hydrogen-bond donors (Lipinski definition) is 1. The second-order valence-electron chi connectivity index (χ2n) is 17.2. The normalized spacial score (nSPS) is 15.4. The van der Waals surface area contributed by atoms with Crippen LogP contribution in [0, 0.1) is 0 Å². The molecule has 0 spiro atoms. The van der Waals surface area contributed by atoms with E-state index in [1.807, 2.05) is 0 Å². The molecule has 4 heteroatoms. The Morgan fingerprint density at radius 1 is 0.415 bits per heavy atom. The highest BCUT2D eigenvalue weighted by molar-refractivity contribution is 6.15. The van der Waals surface area contributed by atoms with Gasteiger partial charge in [-0.05, 0) is 103 Å². The Hall–Kier alpha value is -8.31. The number of hydrogen-bond acceptors (Lipinski definition) is 3. The van der Waals surface area contributed by atoms with Crippen LogP contribution in [0.3, 0.4) is 0 Å². The third-order valence-electron chi connectivity index (χ3n) is 13.4. The van der Waals surface area contributed by atoms with E-state index in [1.165, 1.54) is 54.6 Å². The van der Waals surface area contributed by atoms with E-state index in [9.17, 15) is 0 Å². The maximum Gasteiger partial charge on any atom is 0.137 e. The van der Waals surface area contributed by atoms with E-state index in [0.29, 0.717) is 0 Å². The fourth-order valence-corrected chi connectivity index (χ4v) is 10.1. The van der Waals surface area contributed by atoms with Gasteiger partial charge in [0.05, 0.1) is 22.8 Å². The Morgan fingerprint density at radius 3 is 1.60 bits per heavy atom. The quantitative estimate of drug-likeness (QED) is 0.181. The second kappa shape index (κ2) is 14.9. The number of furan rings is 1. The third kappa shape index (κ3) is 6.30. The van der Waals surface area contributed by atoms with Crippen molar-refractivity contribution >= 4 is 71.0 Å². The van der Waals surface area contributed by atoms with Gasteiger partial charge in [0, 0.05) is 38.9 Å². The van der Waals surface area contributed by atoms with E-state index in [-0.39, 0.29) is 12.2 Å². The Kier molecular flexibility index (Phi) is 8.55. The first-order valence-electron chi connectivity index (χ1n) is 22.3. The Morgan fingerprint density at radius 2 is 0.938 bits per heavy atom. The van der Waals surface area contributed by atoms with Crippen LogP contribution >= 0.6 is 0 Å². The highest BCUT2D eigenvalue weighted by Gasteiger charge is 2.30. The molecular formula is C61H41N3O. The number of rotatable bonds is 6. The molecule has 1 aliphatic heterocycles. The lowest BCUT2D eigenvalue weighted by Crippen LogP contribution is -2.34. The Balaban J connectivity index is 0.933. The van der Waals surface area contributed by atoms with Crippen molar-refractivity contribution in [3.8, 4) is 27.9 Å². The molecule has 65 heavy (non-hydrogen) atoms. The van der Waals surface area contributed by atoms with E-state index < -0.39 is 0 Å². The van der Waals surface area contributed by atoms with Crippen molar-refractivity contribution in [2.75, 3.05) is 0 Å². The van der Waals surface area contributed by atoms with Crippen LogP contribution in [0.4, 0.5) is 0 Å². The smallest absolute Gasteiger partial charge is 0.137 e. The van der Waals surface area contributed by atoms with Crippen LogP contribution in [0.25, 0.3) is 93.2 Å². The fraction of sp³-hybridized carbons (Fsp3) is 0.0328. The topological polar surface area (TPSA) is 42.5 Å². The van der Waals surface area contributed by atoms with Gasteiger partial charge >= 0.3 is 0 Å². The highest BCUT2D eigenvalue weighted by atomic mass is 16.3. The largest absolute Gasteiger partial charge is 0.456 e. The van der Waals surface area contributed by atoms with E-state index in [4.69, 9.17) is 16.0 Å². The summed E-state index contributed by atoms with van der Waals surface area (Å²) in [6.07, 6.45) is -0.290. The minimum absolute atomic E-state index is 0.214. The zero-order valence-electron chi connectivity index (χ0n) is 35.4. The van der Waals surface area contributed by atoms with Crippen molar-refractivity contribution in [2.24, 2.45) is 4.99 Å². The molecule has 10 aromatic carbocycles. The van der Waals surface area contributed by atoms with Gasteiger partial charge in [-0.25, -0.2) is 0 Å². The summed E-state index contributed by atoms with van der Waals surface area (Å²) in [7, 11) is 0. The lowest BCUT2D eigenvalue weighted by molar-refractivity contribution is 0.488. The molecule has 0 saturated carbocycles. The highest BCUT2D eigenvalue weighted by Crippen LogP contribution is 2.41. The van der Waals surface area contributed by atoms with E-state index in [0.717, 1.165) is 66.6 Å². The van der Waals surface area contributed by atoms with E-state index in [1.54, 1.807) is 0 Å². The van der Waals surface area contributed by atoms with Crippen LogP contribution in [-0.2, 0) is 0 Å². The molecule has 306 valence electrons. The van der Waals surface area contributed by atoms with Crippen molar-refractivity contribution in [3.05, 3.63) is 247 Å². The van der Waals surface area contributed by atoms with Gasteiger partial charge in [-0.3, -0.25) is 10.3 Å². The molecule has 0 amide bonds. The van der Waals surface area contributed by atoms with Crippen LogP contribution in [0.15, 0.2) is 240 Å². The summed E-state index contributed by atoms with van der Waals surface area (Å²) in [5.41, 5.74) is 14.8. The van der Waals surface area contributed by atoms with Crippen LogP contribution in [0.5, 0.6) is 0 Å². The Bertz CT molecular complexity index is 3800. The molecule has 2 unspecified atom stereocenters. The zero-order valence-corrected chi connectivity index (χ0v) is 35.4. The summed E-state index contributed by atoms with van der Waals surface area (Å²) >= 11 is 0. The molecule has 3 heterocycles. The summed E-state index contributed by atoms with van der Waals surface area (Å²) in [4.78, 5) is 5.39. The standard InChI is InChI=1S/C61H41N3O/c1-38-59(47-22-20-41-16-8-10-18-43(41)32-47)62-61(49-23-21-42-17-9-11-19-44(42)33-49)63-60(38)48-26-30-53-54-31-27-50(37-58(54)65-57(53)36-48)64-55-34-45(39-12-4-2-5-13-39)24-28-51(55)52-29-25-46(35-56(52)64)40-14-6-3-7-15-40/h2-37,60-61,63H,1H2. The van der Waals surface area contributed by atoms with Gasteiger partial charge in [-0.1, -0.05) is 176 Å². The van der Waals surface area contributed by atoms with Gasteiger partial charge in [-0.15, -0.1) is 0 Å². The molecule has 1 aliphatic rings. The Labute approximate surface area is 376 Å². The van der Waals surface area contributed by atoms with Crippen LogP contribution in [-0.4, -0.2) is 10.3 Å². The van der Waals surface area contributed by atoms with Crippen LogP contribution < -0.4 is 5.32 Å². The summed E-state index contributed by atoms with van der Waals surface area (Å²) in [5.74, 6) is 0. The van der Waals surface area contributed by atoms with E-state index >= 15 is 0 Å². The number of benzene rings is 10. The average molecular weight is 832 g/mol. The molecule has 13 rings (SSSR count). The first kappa shape index (κ1) is 37.3. The summed E-state index contributed by atoms with van der Waals surface area (Å²) in [6.45, 7) is 4.72. The predicted octanol–water partition coefficient (Wildman–Crippen LogP) is 15.7. The SMILES string of the molecule is C=C1C(c2ccc3ccccc3c2)=NC(c2ccc3ccccc3c2)NC1c1ccc2c(c1)oc1cc(-n3c4cc(-c5ccccc5)ccc4c4ccc(-c5ccccc5)cc43)ccc12. The molecule has 4 nitrogen and oxygen atoms in total. The maximum absolute atomic E-state index is 6.89. The molecule has 0 aliphatic carbocycles. The van der Waals surface area contributed by atoms with Gasteiger partial charge < -0.3 is 8.98 Å². The van der Waals surface area contributed by atoms with Crippen molar-refractivity contribution in [3.63, 3.8) is 0 Å². The van der Waals surface area contributed by atoms with Gasteiger partial charge in [0.2, 0.25) is 0 Å². The molecule has 0 radical (unpaired) electrons. The van der Waals surface area contributed by atoms with Gasteiger partial charge in [0.1, 0.15) is 17.3 Å². The molecule has 0 fully saturated rings. The molecule has 0 bridgehead atoms. The lowest BCUT2D eigenvalue weighted by atomic mass is 9.89. The second-order valence-corrected chi connectivity index (χ2v) is 17.2. The number of nitrogens with one attached hydrogen (secondary N) is 1. The third-order valence-corrected chi connectivity index (χ3v) is 13.4. The molecule has 1 N–H and O–H groups in total. The lowest BCUT2D eigenvalue weighted by Gasteiger charge is -2.32. The average Bonchev–Trinajstić information content (AvgIpc) is 3.90. The predicted molar refractivity (Wildman–Crippen MR) is 271 cm³/mol. The monoisotopic (exact) mass is 831 g/mol. The first-order chi connectivity index (χ1) is 32.1. The fourth-order valence-electron chi connectivity index (χ4n) is 10.1. The minimum Gasteiger partial charge on any atom is -0.456 e. The van der Waals surface area contributed by atoms with Crippen molar-refractivity contribution in [2.45, 2.75) is 12.2 Å². The molecular weight excluding hydrogens is 791 g/mol. The van der Waals surface area contributed by atoms with Crippen molar-refractivity contribution < 1.29 is 4.42 Å². The minimum atomic E-state index is -0.290. The van der Waals surface area contributed by atoms with Crippen molar-refractivity contribution in [1.29, 1.82) is 0 Å². The van der Waals surface area contributed by atoms with Crippen LogP contribution in [0.1, 0.15) is 28.9 Å². The number of nitrogens with zero attached hydrogens (tertiary/aromatic N) is 2. The summed E-state index contributed by atoms with van der Waals surface area (Å²) < 4.78 is 9.29. The van der Waals surface area contributed by atoms with E-state index in [2.05, 4.69) is 228 Å². The summed E-state index contributed by atoms with van der Waals surface area (Å²) in [5, 5.41) is 13.2. The molecule has 2 atom stereocenters. The maximum atomic E-state index is 6.89. The van der Waals surface area contributed by atoms with Crippen LogP contribution in [0.2, 0.25) is 0 Å². The molecule has 2 aromatic heterocycles. The molecule has 0 saturated heterocycles. The molecule has 12 aromatic rings. The van der Waals surface area contributed by atoms with Gasteiger partial charge in [0.25, 0.3) is 0 Å². The zero-order chi connectivity index (χ0) is 43.0. The number of fused-ring (bicyclic) bond motifs is 8. The summed E-state index contributed by atoms with van der Waals surface area (Å²) in [6, 6.07) is 78.2. The number of aromatic nitrogens is 1. The van der Waals surface area contributed by atoms with Gasteiger partial charge in [0.15, 0.2) is 0 Å². The number of aliphatic imine (C=N–C) groups is 1. The van der Waals surface area contributed by atoms with Crippen molar-refractivity contribution in [1.82, 2.24) is 9.88 Å². The first-order valence-corrected chi connectivity index (χ1v) is 22.3. The van der Waals surface area contributed by atoms with Gasteiger partial charge in [-0.2, -0.15) is 0 Å².